The molecule has 1 aliphatic heterocycles. The van der Waals surface area contributed by atoms with Gasteiger partial charge in [0.2, 0.25) is 25.9 Å². The maximum Gasteiger partial charge on any atom is 0.322 e. The highest BCUT2D eigenvalue weighted by Gasteiger charge is 2.27. The van der Waals surface area contributed by atoms with Gasteiger partial charge in [-0.3, -0.25) is 10.1 Å². The molecule has 1 N–H and O–H groups in total. The molecule has 0 unspecified atom stereocenters. The van der Waals surface area contributed by atoms with E-state index < -0.39 is 26.0 Å². The van der Waals surface area contributed by atoms with E-state index in [1.165, 1.54) is 66.9 Å². The Morgan fingerprint density at radius 2 is 1.50 bits per heavy atom. The summed E-state index contributed by atoms with van der Waals surface area (Å²) in [5, 5.41) is 10.1. The summed E-state index contributed by atoms with van der Waals surface area (Å²) in [6, 6.07) is 11.4. The number of benzene rings is 2. The second-order valence-electron chi connectivity index (χ2n) is 7.81. The van der Waals surface area contributed by atoms with Crippen molar-refractivity contribution in [2.75, 3.05) is 32.5 Å². The summed E-state index contributed by atoms with van der Waals surface area (Å²) in [5.74, 6) is -0.455. The van der Waals surface area contributed by atoms with Crippen LogP contribution in [0.1, 0.15) is 23.2 Å². The van der Waals surface area contributed by atoms with Gasteiger partial charge in [0.15, 0.2) is 0 Å². The lowest BCUT2D eigenvalue weighted by Crippen LogP contribution is -2.27. The maximum atomic E-state index is 12.6. The fourth-order valence-electron chi connectivity index (χ4n) is 3.40. The zero-order chi connectivity index (χ0) is 24.5. The molecule has 0 spiro atoms. The molecule has 4 rings (SSSR count). The third kappa shape index (κ3) is 4.73. The van der Waals surface area contributed by atoms with E-state index in [-0.39, 0.29) is 27.3 Å². The highest BCUT2D eigenvalue weighted by Crippen LogP contribution is 2.24. The predicted octanol–water partition coefficient (Wildman–Crippen LogP) is 2.02. The summed E-state index contributed by atoms with van der Waals surface area (Å²) in [6.45, 7) is 0.997. The minimum Gasteiger partial charge on any atom is -0.403 e. The van der Waals surface area contributed by atoms with E-state index in [0.29, 0.717) is 18.7 Å². The van der Waals surface area contributed by atoms with Gasteiger partial charge in [-0.25, -0.2) is 21.1 Å². The number of carbonyl (C=O) groups is 1. The van der Waals surface area contributed by atoms with Crippen LogP contribution in [0.4, 0.5) is 6.01 Å². The minimum atomic E-state index is -3.57. The normalized spacial score (nSPS) is 15.0. The molecule has 0 radical (unpaired) electrons. The number of amides is 1. The Hall–Kier alpha value is -3.13. The zero-order valence-electron chi connectivity index (χ0n) is 18.5. The maximum absolute atomic E-state index is 12.6. The van der Waals surface area contributed by atoms with Crippen molar-refractivity contribution in [1.82, 2.24) is 18.8 Å². The van der Waals surface area contributed by atoms with Crippen LogP contribution in [-0.2, 0) is 20.0 Å². The lowest BCUT2D eigenvalue weighted by Gasteiger charge is -2.15. The molecule has 2 aromatic carbocycles. The molecule has 0 aliphatic carbocycles. The molecule has 1 amide bonds. The number of hydrogen-bond donors (Lipinski definition) is 1. The topological polar surface area (TPSA) is 143 Å². The van der Waals surface area contributed by atoms with Gasteiger partial charge in [0.05, 0.1) is 9.79 Å². The van der Waals surface area contributed by atoms with Crippen LogP contribution < -0.4 is 5.32 Å². The van der Waals surface area contributed by atoms with Crippen molar-refractivity contribution in [1.29, 1.82) is 0 Å². The SMILES string of the molecule is CN(C)S(=O)(=O)c1ccc(-c2nnc(NC(=O)c3ccc(S(=O)(=O)N4CCCC4)cc3)o2)cc1. The van der Waals surface area contributed by atoms with Crippen LogP contribution in [0, 0.1) is 0 Å². The molecule has 0 atom stereocenters. The lowest BCUT2D eigenvalue weighted by atomic mass is 10.2. The molecule has 1 aromatic heterocycles. The molecule has 0 bridgehead atoms. The molecule has 1 aliphatic rings. The van der Waals surface area contributed by atoms with Gasteiger partial charge in [-0.2, -0.15) is 4.31 Å². The summed E-state index contributed by atoms with van der Waals surface area (Å²) >= 11 is 0. The van der Waals surface area contributed by atoms with Crippen molar-refractivity contribution in [2.24, 2.45) is 0 Å². The van der Waals surface area contributed by atoms with Crippen LogP contribution in [0.2, 0.25) is 0 Å². The van der Waals surface area contributed by atoms with E-state index in [0.717, 1.165) is 17.1 Å². The lowest BCUT2D eigenvalue weighted by molar-refractivity contribution is 0.102. The molecule has 1 saturated heterocycles. The summed E-state index contributed by atoms with van der Waals surface area (Å²) < 4.78 is 57.6. The summed E-state index contributed by atoms with van der Waals surface area (Å²) in [4.78, 5) is 12.8. The standard InChI is InChI=1S/C21H23N5O6S2/c1-25(2)33(28,29)17-11-7-16(8-12-17)20-23-24-21(32-20)22-19(27)15-5-9-18(10-6-15)34(30,31)26-13-3-4-14-26/h5-12H,3-4,13-14H2,1-2H3,(H,22,24,27). The van der Waals surface area contributed by atoms with Crippen molar-refractivity contribution < 1.29 is 26.0 Å². The van der Waals surface area contributed by atoms with Crippen LogP contribution in [0.3, 0.4) is 0 Å². The number of sulfonamides is 2. The molecular weight excluding hydrogens is 482 g/mol. The van der Waals surface area contributed by atoms with Gasteiger partial charge >= 0.3 is 6.01 Å². The zero-order valence-corrected chi connectivity index (χ0v) is 20.1. The largest absolute Gasteiger partial charge is 0.403 e. The van der Waals surface area contributed by atoms with Crippen molar-refractivity contribution in [3.63, 3.8) is 0 Å². The van der Waals surface area contributed by atoms with Crippen molar-refractivity contribution >= 4 is 32.0 Å². The van der Waals surface area contributed by atoms with Gasteiger partial charge in [0, 0.05) is 38.3 Å². The van der Waals surface area contributed by atoms with Gasteiger partial charge in [-0.1, -0.05) is 5.10 Å². The molecule has 0 saturated carbocycles. The number of aromatic nitrogens is 2. The van der Waals surface area contributed by atoms with Gasteiger partial charge in [-0.15, -0.1) is 5.10 Å². The second-order valence-corrected chi connectivity index (χ2v) is 11.9. The molecule has 13 heteroatoms. The van der Waals surface area contributed by atoms with Gasteiger partial charge < -0.3 is 4.42 Å². The highest BCUT2D eigenvalue weighted by molar-refractivity contribution is 7.89. The highest BCUT2D eigenvalue weighted by atomic mass is 32.2. The third-order valence-electron chi connectivity index (χ3n) is 5.34. The Labute approximate surface area is 197 Å². The first kappa shape index (κ1) is 24.0. The number of rotatable bonds is 7. The summed E-state index contributed by atoms with van der Waals surface area (Å²) in [5.41, 5.74) is 0.695. The Balaban J connectivity index is 1.44. The molecule has 1 fully saturated rings. The second kappa shape index (κ2) is 9.25. The van der Waals surface area contributed by atoms with Gasteiger partial charge in [-0.05, 0) is 61.4 Å². The van der Waals surface area contributed by atoms with Gasteiger partial charge in [0.25, 0.3) is 5.91 Å². The van der Waals surface area contributed by atoms with E-state index in [9.17, 15) is 21.6 Å². The fraction of sp³-hybridized carbons (Fsp3) is 0.286. The predicted molar refractivity (Wildman–Crippen MR) is 123 cm³/mol. The van der Waals surface area contributed by atoms with Gasteiger partial charge in [0.1, 0.15) is 0 Å². The molecular formula is C21H23N5O6S2. The molecule has 34 heavy (non-hydrogen) atoms. The van der Waals surface area contributed by atoms with Crippen LogP contribution in [0.15, 0.2) is 62.7 Å². The molecule has 180 valence electrons. The molecule has 2 heterocycles. The Morgan fingerprint density at radius 1 is 0.912 bits per heavy atom. The molecule has 3 aromatic rings. The van der Waals surface area contributed by atoms with Crippen molar-refractivity contribution in [3.05, 3.63) is 54.1 Å². The average Bonchev–Trinajstić information content (AvgIpc) is 3.52. The minimum absolute atomic E-state index is 0.0937. The van der Waals surface area contributed by atoms with Crippen LogP contribution in [0.25, 0.3) is 11.5 Å². The first-order valence-electron chi connectivity index (χ1n) is 10.4. The average molecular weight is 506 g/mol. The van der Waals surface area contributed by atoms with Crippen molar-refractivity contribution in [2.45, 2.75) is 22.6 Å². The number of hydrogen-bond acceptors (Lipinski definition) is 8. The summed E-state index contributed by atoms with van der Waals surface area (Å²) in [6.07, 6.45) is 1.68. The van der Waals surface area contributed by atoms with Crippen LogP contribution >= 0.6 is 0 Å². The summed E-state index contributed by atoms with van der Waals surface area (Å²) in [7, 11) is -4.25. The number of carbonyl (C=O) groups excluding carboxylic acids is 1. The number of nitrogens with one attached hydrogen (secondary N) is 1. The monoisotopic (exact) mass is 505 g/mol. The fourth-order valence-corrected chi connectivity index (χ4v) is 5.81. The first-order valence-corrected chi connectivity index (χ1v) is 13.2. The van der Waals surface area contributed by atoms with E-state index in [1.807, 2.05) is 0 Å². The quantitative estimate of drug-likeness (QED) is 0.514. The number of nitrogens with zero attached hydrogens (tertiary/aromatic N) is 4. The molecule has 11 nitrogen and oxygen atoms in total. The van der Waals surface area contributed by atoms with Crippen LogP contribution in [-0.4, -0.2) is 68.7 Å². The number of anilines is 1. The Bertz CT molecular complexity index is 1390. The Kier molecular flexibility index (Phi) is 6.53. The van der Waals surface area contributed by atoms with E-state index >= 15 is 0 Å². The smallest absolute Gasteiger partial charge is 0.322 e. The third-order valence-corrected chi connectivity index (χ3v) is 9.09. The first-order chi connectivity index (χ1) is 16.1. The van der Waals surface area contributed by atoms with Crippen LogP contribution in [0.5, 0.6) is 0 Å². The van der Waals surface area contributed by atoms with E-state index in [4.69, 9.17) is 4.42 Å². The van der Waals surface area contributed by atoms with E-state index in [1.54, 1.807) is 0 Å². The Morgan fingerprint density at radius 3 is 2.09 bits per heavy atom. The van der Waals surface area contributed by atoms with E-state index in [2.05, 4.69) is 15.5 Å². The van der Waals surface area contributed by atoms with Crippen molar-refractivity contribution in [3.8, 4) is 11.5 Å².